The van der Waals surface area contributed by atoms with Gasteiger partial charge in [-0.25, -0.2) is 0 Å². The predicted octanol–water partition coefficient (Wildman–Crippen LogP) is 9.47. The summed E-state index contributed by atoms with van der Waals surface area (Å²) in [6, 6.07) is 29.4. The topological polar surface area (TPSA) is 129 Å². The number of benzene rings is 5. The summed E-state index contributed by atoms with van der Waals surface area (Å²) < 4.78 is 35.3. The van der Waals surface area contributed by atoms with Crippen molar-refractivity contribution in [2.24, 2.45) is 4.99 Å². The van der Waals surface area contributed by atoms with Gasteiger partial charge in [-0.2, -0.15) is 12.6 Å². The summed E-state index contributed by atoms with van der Waals surface area (Å²) in [7, 11) is 3.18. The molecule has 13 nitrogen and oxygen atoms in total. The van der Waals surface area contributed by atoms with Crippen molar-refractivity contribution in [3.05, 3.63) is 136 Å². The first kappa shape index (κ1) is 48.8. The maximum Gasteiger partial charge on any atom is 0.261 e. The van der Waals surface area contributed by atoms with Crippen LogP contribution in [0.4, 0.5) is 22.7 Å². The number of hydrogen-bond donors (Lipinski definition) is 1. The fourth-order valence-corrected chi connectivity index (χ4v) is 9.96. The Kier molecular flexibility index (Phi) is 14.9. The number of para-hydroxylation sites is 2. The van der Waals surface area contributed by atoms with Gasteiger partial charge in [0.05, 0.1) is 57.4 Å². The van der Waals surface area contributed by atoms with Gasteiger partial charge in [-0.1, -0.05) is 50.2 Å². The summed E-state index contributed by atoms with van der Waals surface area (Å²) in [5.74, 6) is 1.31. The lowest BCUT2D eigenvalue weighted by Gasteiger charge is -2.26. The molecule has 0 aromatic heterocycles. The van der Waals surface area contributed by atoms with Crippen LogP contribution >= 0.6 is 12.6 Å². The summed E-state index contributed by atoms with van der Waals surface area (Å²) in [6.07, 6.45) is 5.82. The minimum absolute atomic E-state index is 0.0266. The second kappa shape index (κ2) is 21.4. The number of aliphatic imine (C=N–C) groups is 1. The molecule has 3 amide bonds. The summed E-state index contributed by atoms with van der Waals surface area (Å²) >= 11 is 4.73. The highest BCUT2D eigenvalue weighted by molar-refractivity contribution is 7.81. The number of aryl methyl sites for hydroxylation is 2. The number of carbonyl (C=O) groups is 3. The van der Waals surface area contributed by atoms with E-state index in [1.165, 1.54) is 5.56 Å². The molecule has 4 heterocycles. The van der Waals surface area contributed by atoms with Crippen LogP contribution in [0.15, 0.2) is 96.0 Å². The Balaban J connectivity index is 0.994. The number of amides is 3. The van der Waals surface area contributed by atoms with E-state index in [1.54, 1.807) is 36.2 Å². The molecule has 5 aromatic carbocycles. The van der Waals surface area contributed by atoms with Crippen molar-refractivity contribution < 1.29 is 42.8 Å². The molecule has 4 aliphatic rings. The van der Waals surface area contributed by atoms with Gasteiger partial charge in [-0.05, 0) is 115 Å². The molecule has 0 aliphatic carbocycles. The molecular weight excluding hydrogens is 905 g/mol. The Bertz CT molecular complexity index is 2790. The molecule has 0 saturated heterocycles. The third kappa shape index (κ3) is 10.8. The molecule has 0 saturated carbocycles. The van der Waals surface area contributed by atoms with Crippen molar-refractivity contribution in [1.29, 1.82) is 0 Å². The Morgan fingerprint density at radius 2 is 1.40 bits per heavy atom. The van der Waals surface area contributed by atoms with Crippen LogP contribution < -0.4 is 28.9 Å². The van der Waals surface area contributed by atoms with E-state index in [1.807, 2.05) is 105 Å². The lowest BCUT2D eigenvalue weighted by atomic mass is 9.98. The molecule has 0 fully saturated rings. The third-order valence-corrected chi connectivity index (χ3v) is 13.7. The molecular formula is C56H62N4O9S. The van der Waals surface area contributed by atoms with Crippen LogP contribution in [0.3, 0.4) is 0 Å². The molecule has 0 spiro atoms. The van der Waals surface area contributed by atoms with Crippen molar-refractivity contribution in [1.82, 2.24) is 0 Å². The van der Waals surface area contributed by atoms with Gasteiger partial charge in [-0.15, -0.1) is 0 Å². The van der Waals surface area contributed by atoms with Gasteiger partial charge in [0.1, 0.15) is 19.0 Å². The van der Waals surface area contributed by atoms with Crippen LogP contribution in [0, 0.1) is 6.92 Å². The number of carbonyl (C=O) groups excluding carboxylic acids is 3. The van der Waals surface area contributed by atoms with Crippen LogP contribution in [0.1, 0.15) is 87.2 Å². The number of ether oxygens (including phenoxy) is 6. The lowest BCUT2D eigenvalue weighted by molar-refractivity contribution is -0.119. The van der Waals surface area contributed by atoms with Crippen LogP contribution in [0.25, 0.3) is 0 Å². The number of thiol groups is 1. The lowest BCUT2D eigenvalue weighted by Crippen LogP contribution is -2.37. The maximum absolute atomic E-state index is 14.2. The van der Waals surface area contributed by atoms with Gasteiger partial charge in [0.15, 0.2) is 11.5 Å². The van der Waals surface area contributed by atoms with Gasteiger partial charge >= 0.3 is 0 Å². The van der Waals surface area contributed by atoms with Crippen molar-refractivity contribution in [3.63, 3.8) is 0 Å². The van der Waals surface area contributed by atoms with E-state index in [9.17, 15) is 14.4 Å². The minimum Gasteiger partial charge on any atom is -0.493 e. The van der Waals surface area contributed by atoms with Crippen LogP contribution in [-0.2, 0) is 51.5 Å². The standard InChI is InChI=1S/C56H62N4O9S/c1-36-24-45-39(14-15-42-28-40-10-6-8-12-48(40)59(42)54(45)62)30-50(36)68-34-37-25-38(27-43(26-37)58(53(61)16-17-56(2,3)70)18-19-66-22-23-67-21-20-64-4)35-69-52-32-47-46(31-51(52)65-5)55(63)60-44(33-57-47)29-41-11-7-9-13-49(41)60/h6-13,24-27,30-33,42,44,70H,14-23,28-29,34-35H2,1-5H3/t42?,44-/m0/s1. The second-order valence-electron chi connectivity index (χ2n) is 19.0. The normalized spacial score (nSPS) is 16.7. The van der Waals surface area contributed by atoms with E-state index >= 15 is 0 Å². The highest BCUT2D eigenvalue weighted by atomic mass is 32.1. The molecule has 0 N–H and O–H groups in total. The predicted molar refractivity (Wildman–Crippen MR) is 275 cm³/mol. The number of nitrogens with zero attached hydrogens (tertiary/aromatic N) is 4. The fraction of sp³-hybridized carbons (Fsp3) is 0.393. The quantitative estimate of drug-likeness (QED) is 0.0600. The second-order valence-corrected chi connectivity index (χ2v) is 20.2. The molecule has 2 atom stereocenters. The van der Waals surface area contributed by atoms with Crippen molar-refractivity contribution >= 4 is 59.3 Å². The van der Waals surface area contributed by atoms with Gasteiger partial charge < -0.3 is 38.2 Å². The van der Waals surface area contributed by atoms with E-state index in [-0.39, 0.29) is 60.8 Å². The monoisotopic (exact) mass is 966 g/mol. The number of rotatable bonds is 20. The molecule has 14 heteroatoms. The van der Waals surface area contributed by atoms with E-state index in [0.717, 1.165) is 58.5 Å². The Morgan fingerprint density at radius 3 is 2.11 bits per heavy atom. The Hall–Kier alpha value is -6.19. The van der Waals surface area contributed by atoms with Crippen LogP contribution in [-0.4, -0.2) is 94.6 Å². The first-order valence-corrected chi connectivity index (χ1v) is 24.6. The van der Waals surface area contributed by atoms with Gasteiger partial charge in [0, 0.05) is 72.2 Å². The first-order valence-electron chi connectivity index (χ1n) is 24.2. The molecule has 70 heavy (non-hydrogen) atoms. The zero-order valence-electron chi connectivity index (χ0n) is 40.7. The average Bonchev–Trinajstić information content (AvgIpc) is 3.85. The minimum atomic E-state index is -0.356. The largest absolute Gasteiger partial charge is 0.493 e. The smallest absolute Gasteiger partial charge is 0.261 e. The zero-order chi connectivity index (χ0) is 48.9. The van der Waals surface area contributed by atoms with E-state index in [2.05, 4.69) is 6.07 Å². The third-order valence-electron chi connectivity index (χ3n) is 13.4. The molecule has 0 radical (unpaired) electrons. The van der Waals surface area contributed by atoms with E-state index in [4.69, 9.17) is 46.0 Å². The highest BCUT2D eigenvalue weighted by Crippen LogP contribution is 2.42. The van der Waals surface area contributed by atoms with Crippen molar-refractivity contribution in [2.45, 2.75) is 89.3 Å². The molecule has 0 bridgehead atoms. The Morgan fingerprint density at radius 1 is 0.743 bits per heavy atom. The van der Waals surface area contributed by atoms with Crippen molar-refractivity contribution in [2.75, 3.05) is 68.5 Å². The Labute approximate surface area is 416 Å². The van der Waals surface area contributed by atoms with Crippen molar-refractivity contribution in [3.8, 4) is 17.2 Å². The van der Waals surface area contributed by atoms with Gasteiger partial charge in [-0.3, -0.25) is 24.3 Å². The highest BCUT2D eigenvalue weighted by Gasteiger charge is 2.38. The zero-order valence-corrected chi connectivity index (χ0v) is 41.6. The molecule has 5 aromatic rings. The molecule has 4 aliphatic heterocycles. The molecule has 9 rings (SSSR count). The number of anilines is 3. The SMILES string of the molecule is COCCOCCOCCN(C(=O)CCC(C)(C)S)c1cc(COc2cc3c(cc2C)C(=O)N2c4ccccc4CC2CC3)cc(COc2cc3c(cc2OC)C(=O)N2c4ccccc4C[C@H]2C=N3)c1. The number of hydrogen-bond acceptors (Lipinski definition) is 11. The fourth-order valence-electron chi connectivity index (χ4n) is 9.85. The maximum atomic E-state index is 14.2. The van der Waals surface area contributed by atoms with E-state index < -0.39 is 0 Å². The average molecular weight is 967 g/mol. The van der Waals surface area contributed by atoms with Gasteiger partial charge in [0.2, 0.25) is 5.91 Å². The summed E-state index contributed by atoms with van der Waals surface area (Å²) in [4.78, 5) is 52.9. The number of methoxy groups -OCH3 is 2. The first-order chi connectivity index (χ1) is 33.9. The summed E-state index contributed by atoms with van der Waals surface area (Å²) in [6.45, 7) is 8.55. The number of fused-ring (bicyclic) bond motifs is 8. The van der Waals surface area contributed by atoms with Crippen LogP contribution in [0.2, 0.25) is 0 Å². The molecule has 366 valence electrons. The van der Waals surface area contributed by atoms with Gasteiger partial charge in [0.25, 0.3) is 11.8 Å². The molecule has 1 unspecified atom stereocenters. The van der Waals surface area contributed by atoms with E-state index in [0.29, 0.717) is 85.6 Å². The summed E-state index contributed by atoms with van der Waals surface area (Å²) in [5, 5.41) is 0. The van der Waals surface area contributed by atoms with Crippen LogP contribution in [0.5, 0.6) is 17.2 Å². The summed E-state index contributed by atoms with van der Waals surface area (Å²) in [5.41, 5.74) is 9.90.